The maximum absolute atomic E-state index is 13.8. The monoisotopic (exact) mass is 323 g/mol. The van der Waals surface area contributed by atoms with Gasteiger partial charge in [0.25, 0.3) is 0 Å². The zero-order valence-corrected chi connectivity index (χ0v) is 11.7. The summed E-state index contributed by atoms with van der Waals surface area (Å²) in [5.74, 6) is -0.856. The van der Waals surface area contributed by atoms with E-state index in [2.05, 4.69) is 15.9 Å². The van der Waals surface area contributed by atoms with Crippen LogP contribution in [0.2, 0.25) is 0 Å². The third-order valence-corrected chi connectivity index (χ3v) is 3.37. The third-order valence-electron chi connectivity index (χ3n) is 2.68. The Bertz CT molecular complexity index is 643. The highest BCUT2D eigenvalue weighted by Crippen LogP contribution is 2.27. The maximum Gasteiger partial charge on any atom is 0.199 e. The van der Waals surface area contributed by atoms with Gasteiger partial charge in [0.2, 0.25) is 0 Å². The average molecular weight is 324 g/mol. The summed E-state index contributed by atoms with van der Waals surface area (Å²) in [4.78, 5) is 12.3. The second-order valence-corrected chi connectivity index (χ2v) is 4.74. The van der Waals surface area contributed by atoms with E-state index in [1.165, 1.54) is 19.2 Å². The predicted octanol–water partition coefficient (Wildman–Crippen LogP) is 3.41. The molecule has 2 aromatic rings. The fourth-order valence-corrected chi connectivity index (χ4v) is 2.09. The van der Waals surface area contributed by atoms with Crippen LogP contribution >= 0.6 is 15.9 Å². The number of ether oxygens (including phenoxy) is 1. The Labute approximate surface area is 118 Å². The van der Waals surface area contributed by atoms with Crippen molar-refractivity contribution in [3.05, 3.63) is 57.8 Å². The van der Waals surface area contributed by atoms with Gasteiger partial charge in [-0.3, -0.25) is 4.79 Å². The van der Waals surface area contributed by atoms with Crippen LogP contribution in [0.5, 0.6) is 5.75 Å². The number of rotatable bonds is 3. The van der Waals surface area contributed by atoms with Crippen LogP contribution in [0.3, 0.4) is 0 Å². The van der Waals surface area contributed by atoms with Crippen molar-refractivity contribution in [2.45, 2.75) is 0 Å². The number of carbonyl (C=O) groups excluding carboxylic acids is 1. The average Bonchev–Trinajstić information content (AvgIpc) is 2.40. The summed E-state index contributed by atoms with van der Waals surface area (Å²) in [7, 11) is 1.39. The van der Waals surface area contributed by atoms with E-state index in [1.54, 1.807) is 24.3 Å². The van der Waals surface area contributed by atoms with Crippen LogP contribution in [-0.4, -0.2) is 12.9 Å². The molecular formula is C14H11BrFNO2. The normalized spacial score (nSPS) is 10.3. The number of hydrogen-bond donors (Lipinski definition) is 1. The summed E-state index contributed by atoms with van der Waals surface area (Å²) < 4.78 is 19.4. The minimum absolute atomic E-state index is 0.0818. The lowest BCUT2D eigenvalue weighted by molar-refractivity contribution is 0.103. The highest BCUT2D eigenvalue weighted by atomic mass is 79.9. The van der Waals surface area contributed by atoms with Crippen molar-refractivity contribution in [1.29, 1.82) is 0 Å². The molecule has 0 atom stereocenters. The van der Waals surface area contributed by atoms with Crippen LogP contribution in [0.15, 0.2) is 40.9 Å². The Kier molecular flexibility index (Phi) is 3.85. The van der Waals surface area contributed by atoms with Crippen LogP contribution in [0, 0.1) is 5.82 Å². The van der Waals surface area contributed by atoms with Gasteiger partial charge in [-0.1, -0.05) is 6.07 Å². The lowest BCUT2D eigenvalue weighted by Gasteiger charge is -2.09. The summed E-state index contributed by atoms with van der Waals surface area (Å²) in [6.45, 7) is 0. The Morgan fingerprint density at radius 3 is 2.68 bits per heavy atom. The summed E-state index contributed by atoms with van der Waals surface area (Å²) in [5, 5.41) is 0. The quantitative estimate of drug-likeness (QED) is 0.695. The number of nitrogens with two attached hydrogens (primary N) is 1. The van der Waals surface area contributed by atoms with Gasteiger partial charge >= 0.3 is 0 Å². The van der Waals surface area contributed by atoms with E-state index in [-0.39, 0.29) is 11.3 Å². The van der Waals surface area contributed by atoms with Crippen molar-refractivity contribution in [2.75, 3.05) is 12.8 Å². The van der Waals surface area contributed by atoms with Crippen molar-refractivity contribution in [3.63, 3.8) is 0 Å². The molecule has 0 bridgehead atoms. The zero-order chi connectivity index (χ0) is 14.0. The number of nitrogen functional groups attached to an aromatic ring is 1. The molecular weight excluding hydrogens is 313 g/mol. The van der Waals surface area contributed by atoms with E-state index < -0.39 is 11.6 Å². The van der Waals surface area contributed by atoms with Crippen LogP contribution in [0.25, 0.3) is 0 Å². The van der Waals surface area contributed by atoms with Crippen LogP contribution < -0.4 is 10.5 Å². The van der Waals surface area contributed by atoms with Gasteiger partial charge in [-0.05, 0) is 46.3 Å². The number of anilines is 1. The van der Waals surface area contributed by atoms with Gasteiger partial charge in [0.15, 0.2) is 5.78 Å². The molecule has 98 valence electrons. The lowest BCUT2D eigenvalue weighted by atomic mass is 10.0. The molecule has 3 nitrogen and oxygen atoms in total. The van der Waals surface area contributed by atoms with Gasteiger partial charge < -0.3 is 10.5 Å². The lowest BCUT2D eigenvalue weighted by Crippen LogP contribution is -2.07. The van der Waals surface area contributed by atoms with Crippen LogP contribution in [-0.2, 0) is 0 Å². The number of ketones is 1. The van der Waals surface area contributed by atoms with Gasteiger partial charge in [-0.2, -0.15) is 0 Å². The van der Waals surface area contributed by atoms with Crippen molar-refractivity contribution >= 4 is 27.4 Å². The minimum Gasteiger partial charge on any atom is -0.496 e. The van der Waals surface area contributed by atoms with E-state index in [0.717, 1.165) is 0 Å². The third kappa shape index (κ3) is 2.61. The van der Waals surface area contributed by atoms with E-state index in [0.29, 0.717) is 15.7 Å². The molecule has 0 saturated heterocycles. The summed E-state index contributed by atoms with van der Waals surface area (Å²) in [6.07, 6.45) is 0. The fraction of sp³-hybridized carbons (Fsp3) is 0.0714. The minimum atomic E-state index is -0.614. The van der Waals surface area contributed by atoms with Crippen LogP contribution in [0.1, 0.15) is 15.9 Å². The smallest absolute Gasteiger partial charge is 0.199 e. The molecule has 0 amide bonds. The molecule has 0 aliphatic carbocycles. The number of carbonyl (C=O) groups is 1. The number of halogens is 2. The Balaban J connectivity index is 2.52. The fourth-order valence-electron chi connectivity index (χ4n) is 1.71. The first-order valence-corrected chi connectivity index (χ1v) is 6.26. The zero-order valence-electron chi connectivity index (χ0n) is 10.1. The van der Waals surface area contributed by atoms with Crippen molar-refractivity contribution in [3.8, 4) is 5.75 Å². The van der Waals surface area contributed by atoms with Crippen molar-refractivity contribution in [2.24, 2.45) is 0 Å². The Hall–Kier alpha value is -1.88. The van der Waals surface area contributed by atoms with E-state index in [4.69, 9.17) is 10.5 Å². The SMILES string of the molecule is COc1cccc(F)c1C(=O)c1ccc(N)c(Br)c1. The first kappa shape index (κ1) is 13.5. The molecule has 2 aromatic carbocycles. The molecule has 0 aliphatic heterocycles. The summed E-state index contributed by atoms with van der Waals surface area (Å²) in [6, 6.07) is 8.96. The topological polar surface area (TPSA) is 52.3 Å². The van der Waals surface area contributed by atoms with Gasteiger partial charge in [0.05, 0.1) is 7.11 Å². The second-order valence-electron chi connectivity index (χ2n) is 3.88. The van der Waals surface area contributed by atoms with Crippen molar-refractivity contribution < 1.29 is 13.9 Å². The molecule has 0 saturated carbocycles. The largest absolute Gasteiger partial charge is 0.496 e. The Morgan fingerprint density at radius 2 is 2.05 bits per heavy atom. The molecule has 0 aromatic heterocycles. The molecule has 5 heteroatoms. The molecule has 0 heterocycles. The van der Waals surface area contributed by atoms with Crippen LogP contribution in [0.4, 0.5) is 10.1 Å². The van der Waals surface area contributed by atoms with E-state index in [9.17, 15) is 9.18 Å². The van der Waals surface area contributed by atoms with Gasteiger partial charge in [0.1, 0.15) is 17.1 Å². The Morgan fingerprint density at radius 1 is 1.32 bits per heavy atom. The maximum atomic E-state index is 13.8. The second kappa shape index (κ2) is 5.40. The van der Waals surface area contributed by atoms with E-state index in [1.807, 2.05) is 0 Å². The molecule has 2 rings (SSSR count). The molecule has 19 heavy (non-hydrogen) atoms. The molecule has 0 unspecified atom stereocenters. The van der Waals surface area contributed by atoms with E-state index >= 15 is 0 Å². The summed E-state index contributed by atoms with van der Waals surface area (Å²) in [5.41, 5.74) is 6.42. The molecule has 0 radical (unpaired) electrons. The summed E-state index contributed by atoms with van der Waals surface area (Å²) >= 11 is 3.24. The van der Waals surface area contributed by atoms with Crippen molar-refractivity contribution in [1.82, 2.24) is 0 Å². The highest BCUT2D eigenvalue weighted by Gasteiger charge is 2.19. The standard InChI is InChI=1S/C14H11BrFNO2/c1-19-12-4-2-3-10(16)13(12)14(18)8-5-6-11(17)9(15)7-8/h2-7H,17H2,1H3. The molecule has 0 fully saturated rings. The molecule has 0 spiro atoms. The number of benzene rings is 2. The molecule has 2 N–H and O–H groups in total. The first-order valence-electron chi connectivity index (χ1n) is 5.47. The van der Waals surface area contributed by atoms with Gasteiger partial charge in [0, 0.05) is 15.7 Å². The molecule has 0 aliphatic rings. The highest BCUT2D eigenvalue weighted by molar-refractivity contribution is 9.10. The first-order chi connectivity index (χ1) is 9.04. The van der Waals surface area contributed by atoms with Gasteiger partial charge in [-0.25, -0.2) is 4.39 Å². The predicted molar refractivity (Wildman–Crippen MR) is 74.9 cm³/mol. The number of methoxy groups -OCH3 is 1. The number of hydrogen-bond acceptors (Lipinski definition) is 3. The van der Waals surface area contributed by atoms with Gasteiger partial charge in [-0.15, -0.1) is 0 Å².